The van der Waals surface area contributed by atoms with E-state index in [9.17, 15) is 19.5 Å². The Labute approximate surface area is 116 Å². The molecule has 1 saturated carbocycles. The van der Waals surface area contributed by atoms with E-state index in [-0.39, 0.29) is 24.1 Å². The zero-order valence-electron chi connectivity index (χ0n) is 11.0. The van der Waals surface area contributed by atoms with Gasteiger partial charge in [-0.15, -0.1) is 0 Å². The molecule has 0 spiro atoms. The molecule has 7 heteroatoms. The van der Waals surface area contributed by atoms with Crippen LogP contribution in [0.2, 0.25) is 0 Å². The molecule has 108 valence electrons. The normalized spacial score (nSPS) is 26.1. The summed E-state index contributed by atoms with van der Waals surface area (Å²) in [5.41, 5.74) is 4.12. The van der Waals surface area contributed by atoms with E-state index in [1.165, 1.54) is 11.8 Å². The van der Waals surface area contributed by atoms with E-state index in [2.05, 4.69) is 5.32 Å². The van der Waals surface area contributed by atoms with Crippen LogP contribution in [-0.4, -0.2) is 40.4 Å². The number of hydrogen-bond donors (Lipinski definition) is 3. The highest BCUT2D eigenvalue weighted by molar-refractivity contribution is 7.99. The Bertz CT molecular complexity index is 375. The van der Waals surface area contributed by atoms with Crippen molar-refractivity contribution in [1.29, 1.82) is 0 Å². The van der Waals surface area contributed by atoms with Crippen LogP contribution in [-0.2, 0) is 14.4 Å². The van der Waals surface area contributed by atoms with E-state index in [0.29, 0.717) is 18.6 Å². The molecule has 0 radical (unpaired) electrons. The van der Waals surface area contributed by atoms with Gasteiger partial charge in [-0.1, -0.05) is 6.42 Å². The number of amides is 2. The van der Waals surface area contributed by atoms with Gasteiger partial charge in [-0.3, -0.25) is 14.4 Å². The summed E-state index contributed by atoms with van der Waals surface area (Å²) in [4.78, 5) is 33.5. The quantitative estimate of drug-likeness (QED) is 0.586. The predicted octanol–water partition coefficient (Wildman–Crippen LogP) is 0.355. The van der Waals surface area contributed by atoms with E-state index in [1.807, 2.05) is 0 Å². The fraction of sp³-hybridized carbons (Fsp3) is 0.750. The first kappa shape index (κ1) is 15.8. The minimum Gasteiger partial charge on any atom is -0.481 e. The third-order valence-corrected chi connectivity index (χ3v) is 4.48. The van der Waals surface area contributed by atoms with E-state index < -0.39 is 17.3 Å². The lowest BCUT2D eigenvalue weighted by Crippen LogP contribution is -2.47. The molecule has 0 aromatic heterocycles. The second kappa shape index (κ2) is 6.79. The summed E-state index contributed by atoms with van der Waals surface area (Å²) in [5, 5.41) is 12.0. The van der Waals surface area contributed by atoms with Crippen LogP contribution >= 0.6 is 11.8 Å². The number of aliphatic carboxylic acids is 1. The highest BCUT2D eigenvalue weighted by Crippen LogP contribution is 2.38. The molecular weight excluding hydrogens is 268 g/mol. The second-order valence-corrected chi connectivity index (χ2v) is 6.11. The van der Waals surface area contributed by atoms with Crippen LogP contribution in [0.5, 0.6) is 0 Å². The summed E-state index contributed by atoms with van der Waals surface area (Å²) >= 11 is 1.30. The summed E-state index contributed by atoms with van der Waals surface area (Å²) < 4.78 is 0. The van der Waals surface area contributed by atoms with Gasteiger partial charge >= 0.3 is 5.97 Å². The molecule has 19 heavy (non-hydrogen) atoms. The van der Waals surface area contributed by atoms with Crippen molar-refractivity contribution < 1.29 is 19.5 Å². The third kappa shape index (κ3) is 4.41. The molecule has 0 aromatic carbocycles. The zero-order valence-corrected chi connectivity index (χ0v) is 11.8. The minimum absolute atomic E-state index is 0.170. The third-order valence-electron chi connectivity index (χ3n) is 3.50. The van der Waals surface area contributed by atoms with E-state index >= 15 is 0 Å². The molecule has 0 aromatic rings. The summed E-state index contributed by atoms with van der Waals surface area (Å²) in [7, 11) is 0. The molecule has 1 aliphatic rings. The molecule has 6 nitrogen and oxygen atoms in total. The van der Waals surface area contributed by atoms with Gasteiger partial charge in [-0.05, 0) is 19.8 Å². The Kier molecular flexibility index (Phi) is 5.65. The second-order valence-electron chi connectivity index (χ2n) is 5.00. The van der Waals surface area contributed by atoms with Crippen molar-refractivity contribution in [3.05, 3.63) is 0 Å². The number of carbonyl (C=O) groups excluding carboxylic acids is 2. The van der Waals surface area contributed by atoms with Gasteiger partial charge in [0.05, 0.1) is 11.2 Å². The Morgan fingerprint density at radius 3 is 2.74 bits per heavy atom. The number of nitrogens with two attached hydrogens (primary N) is 1. The molecule has 2 unspecified atom stereocenters. The van der Waals surface area contributed by atoms with Gasteiger partial charge in [0.2, 0.25) is 11.8 Å². The highest BCUT2D eigenvalue weighted by Gasteiger charge is 2.45. The summed E-state index contributed by atoms with van der Waals surface area (Å²) in [6, 6.07) is -0.307. The molecule has 0 heterocycles. The topological polar surface area (TPSA) is 109 Å². The molecule has 0 bridgehead atoms. The average molecular weight is 288 g/mol. The Hall–Kier alpha value is -1.24. The number of nitrogens with one attached hydrogen (secondary N) is 1. The van der Waals surface area contributed by atoms with Crippen LogP contribution in [0, 0.1) is 5.41 Å². The van der Waals surface area contributed by atoms with Crippen LogP contribution in [0.1, 0.15) is 32.6 Å². The number of carboxylic acid groups (broad SMARTS) is 1. The van der Waals surface area contributed by atoms with Crippen LogP contribution in [0.4, 0.5) is 0 Å². The largest absolute Gasteiger partial charge is 0.481 e. The lowest BCUT2D eigenvalue weighted by atomic mass is 9.85. The number of carbonyl (C=O) groups is 3. The van der Waals surface area contributed by atoms with E-state index in [1.54, 1.807) is 6.92 Å². The lowest BCUT2D eigenvalue weighted by Gasteiger charge is -2.27. The van der Waals surface area contributed by atoms with Gasteiger partial charge in [0.25, 0.3) is 0 Å². The molecule has 1 fully saturated rings. The Morgan fingerprint density at radius 1 is 1.47 bits per heavy atom. The van der Waals surface area contributed by atoms with Crippen molar-refractivity contribution in [2.24, 2.45) is 11.1 Å². The van der Waals surface area contributed by atoms with Crippen LogP contribution < -0.4 is 11.1 Å². The smallest absolute Gasteiger partial charge is 0.311 e. The first-order chi connectivity index (χ1) is 8.86. The van der Waals surface area contributed by atoms with Crippen molar-refractivity contribution in [3.8, 4) is 0 Å². The molecule has 2 amide bonds. The van der Waals surface area contributed by atoms with E-state index in [4.69, 9.17) is 5.73 Å². The maximum absolute atomic E-state index is 11.7. The number of primary amides is 1. The fourth-order valence-electron chi connectivity index (χ4n) is 2.26. The van der Waals surface area contributed by atoms with Crippen molar-refractivity contribution in [2.75, 3.05) is 11.5 Å². The number of rotatable bonds is 7. The Morgan fingerprint density at radius 2 is 2.16 bits per heavy atom. The van der Waals surface area contributed by atoms with Crippen molar-refractivity contribution in [2.45, 2.75) is 38.6 Å². The maximum atomic E-state index is 11.7. The van der Waals surface area contributed by atoms with Crippen LogP contribution in [0.25, 0.3) is 0 Å². The summed E-state index contributed by atoms with van der Waals surface area (Å²) in [6.45, 7) is 1.68. The first-order valence-corrected chi connectivity index (χ1v) is 7.40. The maximum Gasteiger partial charge on any atom is 0.311 e. The van der Waals surface area contributed by atoms with Gasteiger partial charge in [0, 0.05) is 18.2 Å². The standard InChI is InChI=1S/C12H20N2O4S/c1-12(11(17)18)5-2-3-8(12)14-10(16)4-6-19-7-9(13)15/h8H,2-7H2,1H3,(H2,13,15)(H,14,16)(H,17,18). The van der Waals surface area contributed by atoms with Gasteiger partial charge < -0.3 is 16.2 Å². The van der Waals surface area contributed by atoms with Gasteiger partial charge in [-0.25, -0.2) is 0 Å². The zero-order chi connectivity index (χ0) is 14.5. The number of hydrogen-bond acceptors (Lipinski definition) is 4. The van der Waals surface area contributed by atoms with Crippen LogP contribution in [0.3, 0.4) is 0 Å². The lowest BCUT2D eigenvalue weighted by molar-refractivity contribution is -0.149. The Balaban J connectivity index is 2.36. The SMILES string of the molecule is CC1(C(=O)O)CCCC1NC(=O)CCSCC(N)=O. The van der Waals surface area contributed by atoms with Crippen molar-refractivity contribution in [1.82, 2.24) is 5.32 Å². The molecule has 1 aliphatic carbocycles. The molecule has 0 aliphatic heterocycles. The van der Waals surface area contributed by atoms with Crippen molar-refractivity contribution >= 4 is 29.5 Å². The average Bonchev–Trinajstić information content (AvgIpc) is 2.68. The number of thioether (sulfide) groups is 1. The van der Waals surface area contributed by atoms with Gasteiger partial charge in [0.15, 0.2) is 0 Å². The molecule has 2 atom stereocenters. The predicted molar refractivity (Wildman–Crippen MR) is 72.7 cm³/mol. The highest BCUT2D eigenvalue weighted by atomic mass is 32.2. The van der Waals surface area contributed by atoms with E-state index in [0.717, 1.165) is 6.42 Å². The molecule has 1 rings (SSSR count). The monoisotopic (exact) mass is 288 g/mol. The summed E-state index contributed by atoms with van der Waals surface area (Å²) in [5.74, 6) is -0.733. The van der Waals surface area contributed by atoms with Crippen LogP contribution in [0.15, 0.2) is 0 Å². The first-order valence-electron chi connectivity index (χ1n) is 6.25. The molecule has 0 saturated heterocycles. The number of carboxylic acids is 1. The van der Waals surface area contributed by atoms with Gasteiger partial charge in [0.1, 0.15) is 0 Å². The fourth-order valence-corrected chi connectivity index (χ4v) is 2.93. The minimum atomic E-state index is -0.865. The summed E-state index contributed by atoms with van der Waals surface area (Å²) in [6.07, 6.45) is 2.36. The van der Waals surface area contributed by atoms with Crippen molar-refractivity contribution in [3.63, 3.8) is 0 Å². The molecule has 4 N–H and O–H groups in total. The molecular formula is C12H20N2O4S. The van der Waals surface area contributed by atoms with Gasteiger partial charge in [-0.2, -0.15) is 11.8 Å².